The van der Waals surface area contributed by atoms with Crippen molar-refractivity contribution in [3.05, 3.63) is 27.7 Å². The van der Waals surface area contributed by atoms with Crippen LogP contribution in [0.4, 0.5) is 0 Å². The largest absolute Gasteiger partial charge is 0.492 e. The van der Waals surface area contributed by atoms with Crippen molar-refractivity contribution in [3.63, 3.8) is 0 Å². The predicted molar refractivity (Wildman–Crippen MR) is 75.1 cm³/mol. The van der Waals surface area contributed by atoms with E-state index in [1.165, 1.54) is 11.8 Å². The molecular formula is C11H14BrClO3S. The molecule has 0 amide bonds. The van der Waals surface area contributed by atoms with Gasteiger partial charge in [-0.05, 0) is 34.1 Å². The molecule has 0 aliphatic heterocycles. The van der Waals surface area contributed by atoms with Crippen LogP contribution in [0.15, 0.2) is 22.7 Å². The van der Waals surface area contributed by atoms with E-state index in [0.717, 1.165) is 16.0 Å². The Hall–Kier alpha value is 0.0600. The molecule has 2 N–H and O–H groups in total. The zero-order valence-electron chi connectivity index (χ0n) is 9.10. The lowest BCUT2D eigenvalue weighted by Crippen LogP contribution is -2.15. The molecule has 96 valence electrons. The maximum Gasteiger partial charge on any atom is 0.133 e. The van der Waals surface area contributed by atoms with Gasteiger partial charge in [0.1, 0.15) is 5.75 Å². The molecule has 17 heavy (non-hydrogen) atoms. The normalized spacial score (nSPS) is 12.5. The van der Waals surface area contributed by atoms with Gasteiger partial charge >= 0.3 is 0 Å². The molecule has 1 aromatic rings. The van der Waals surface area contributed by atoms with Crippen molar-refractivity contribution in [2.75, 3.05) is 24.7 Å². The summed E-state index contributed by atoms with van der Waals surface area (Å²) in [5.41, 5.74) is 0. The number of thioether (sulfide) groups is 1. The van der Waals surface area contributed by atoms with Crippen molar-refractivity contribution in [1.29, 1.82) is 0 Å². The molecule has 3 nitrogen and oxygen atoms in total. The van der Waals surface area contributed by atoms with E-state index in [4.69, 9.17) is 26.6 Å². The van der Waals surface area contributed by atoms with Crippen molar-refractivity contribution >= 4 is 39.3 Å². The Bertz CT molecular complexity index is 351. The van der Waals surface area contributed by atoms with Crippen LogP contribution in [0.5, 0.6) is 5.75 Å². The van der Waals surface area contributed by atoms with Gasteiger partial charge in [0.2, 0.25) is 0 Å². The number of aliphatic hydroxyl groups excluding tert-OH is 2. The third-order valence-corrected chi connectivity index (χ3v) is 3.83. The van der Waals surface area contributed by atoms with E-state index in [2.05, 4.69) is 15.9 Å². The van der Waals surface area contributed by atoms with Gasteiger partial charge in [-0.1, -0.05) is 11.6 Å². The highest BCUT2D eigenvalue weighted by Crippen LogP contribution is 2.27. The first kappa shape index (κ1) is 15.1. The lowest BCUT2D eigenvalue weighted by molar-refractivity contribution is 0.113. The van der Waals surface area contributed by atoms with Gasteiger partial charge in [-0.25, -0.2) is 0 Å². The number of halogens is 2. The SMILES string of the molecule is OCC(O)CSCCOc1ccc(Cl)cc1Br. The second-order valence-electron chi connectivity index (χ2n) is 3.33. The minimum atomic E-state index is -0.651. The molecule has 1 rings (SSSR count). The lowest BCUT2D eigenvalue weighted by Gasteiger charge is -2.09. The maximum atomic E-state index is 9.12. The Morgan fingerprint density at radius 1 is 1.47 bits per heavy atom. The zero-order chi connectivity index (χ0) is 12.7. The summed E-state index contributed by atoms with van der Waals surface area (Å²) in [7, 11) is 0. The van der Waals surface area contributed by atoms with Gasteiger partial charge in [-0.3, -0.25) is 0 Å². The van der Waals surface area contributed by atoms with Crippen LogP contribution in [0.25, 0.3) is 0 Å². The van der Waals surface area contributed by atoms with Gasteiger partial charge in [0.05, 0.1) is 23.8 Å². The van der Waals surface area contributed by atoms with E-state index >= 15 is 0 Å². The highest BCUT2D eigenvalue weighted by molar-refractivity contribution is 9.10. The molecule has 1 atom stereocenters. The first-order chi connectivity index (χ1) is 8.13. The van der Waals surface area contributed by atoms with Gasteiger partial charge in [0, 0.05) is 16.5 Å². The molecule has 0 aromatic heterocycles. The van der Waals surface area contributed by atoms with E-state index in [1.54, 1.807) is 18.2 Å². The minimum absolute atomic E-state index is 0.198. The minimum Gasteiger partial charge on any atom is -0.492 e. The summed E-state index contributed by atoms with van der Waals surface area (Å²) in [6.45, 7) is 0.347. The Kier molecular flexibility index (Phi) is 7.30. The highest BCUT2D eigenvalue weighted by Gasteiger charge is 2.03. The van der Waals surface area contributed by atoms with Crippen LogP contribution in [0.2, 0.25) is 5.02 Å². The summed E-state index contributed by atoms with van der Waals surface area (Å²) in [6.07, 6.45) is -0.651. The summed E-state index contributed by atoms with van der Waals surface area (Å²) in [4.78, 5) is 0. The van der Waals surface area contributed by atoms with Gasteiger partial charge in [0.25, 0.3) is 0 Å². The van der Waals surface area contributed by atoms with E-state index in [0.29, 0.717) is 17.4 Å². The average Bonchev–Trinajstić information content (AvgIpc) is 2.30. The molecule has 6 heteroatoms. The smallest absolute Gasteiger partial charge is 0.133 e. The number of ether oxygens (including phenoxy) is 1. The molecule has 0 aliphatic carbocycles. The quantitative estimate of drug-likeness (QED) is 0.748. The zero-order valence-corrected chi connectivity index (χ0v) is 12.3. The van der Waals surface area contributed by atoms with Crippen molar-refractivity contribution < 1.29 is 14.9 Å². The average molecular weight is 342 g/mol. The summed E-state index contributed by atoms with van der Waals surface area (Å²) in [5, 5.41) is 18.4. The second-order valence-corrected chi connectivity index (χ2v) is 5.78. The third kappa shape index (κ3) is 5.97. The van der Waals surface area contributed by atoms with Crippen LogP contribution >= 0.6 is 39.3 Å². The number of aliphatic hydroxyl groups is 2. The van der Waals surface area contributed by atoms with Crippen LogP contribution in [0.3, 0.4) is 0 Å². The third-order valence-electron chi connectivity index (χ3n) is 1.90. The van der Waals surface area contributed by atoms with Gasteiger partial charge in [-0.15, -0.1) is 0 Å². The van der Waals surface area contributed by atoms with Crippen LogP contribution in [-0.4, -0.2) is 41.0 Å². The number of benzene rings is 1. The van der Waals surface area contributed by atoms with Crippen molar-refractivity contribution in [1.82, 2.24) is 0 Å². The standard InChI is InChI=1S/C11H14BrClO3S/c12-10-5-8(13)1-2-11(10)16-3-4-17-7-9(15)6-14/h1-2,5,9,14-15H,3-4,6-7H2. The van der Waals surface area contributed by atoms with Crippen LogP contribution < -0.4 is 4.74 Å². The van der Waals surface area contributed by atoms with Crippen LogP contribution in [0, 0.1) is 0 Å². The van der Waals surface area contributed by atoms with Crippen molar-refractivity contribution in [2.45, 2.75) is 6.10 Å². The molecule has 0 saturated carbocycles. The van der Waals surface area contributed by atoms with E-state index in [-0.39, 0.29) is 6.61 Å². The number of rotatable bonds is 7. The second kappa shape index (κ2) is 8.21. The first-order valence-electron chi connectivity index (χ1n) is 5.08. The summed E-state index contributed by atoms with van der Waals surface area (Å²) in [5.74, 6) is 2.02. The molecule has 1 unspecified atom stereocenters. The highest BCUT2D eigenvalue weighted by atomic mass is 79.9. The lowest BCUT2D eigenvalue weighted by atomic mass is 10.3. The monoisotopic (exact) mass is 340 g/mol. The predicted octanol–water partition coefficient (Wildman–Crippen LogP) is 2.57. The van der Waals surface area contributed by atoms with E-state index in [1.807, 2.05) is 0 Å². The molecule has 0 fully saturated rings. The number of hydrogen-bond acceptors (Lipinski definition) is 4. The first-order valence-corrected chi connectivity index (χ1v) is 7.40. The summed E-state index contributed by atoms with van der Waals surface area (Å²) in [6, 6.07) is 5.35. The fraction of sp³-hybridized carbons (Fsp3) is 0.455. The van der Waals surface area contributed by atoms with Crippen molar-refractivity contribution in [2.24, 2.45) is 0 Å². The van der Waals surface area contributed by atoms with Gasteiger partial charge in [-0.2, -0.15) is 11.8 Å². The molecule has 0 heterocycles. The summed E-state index contributed by atoms with van der Waals surface area (Å²) < 4.78 is 6.36. The number of hydrogen-bond donors (Lipinski definition) is 2. The van der Waals surface area contributed by atoms with Crippen molar-refractivity contribution in [3.8, 4) is 5.75 Å². The fourth-order valence-electron chi connectivity index (χ4n) is 1.07. The topological polar surface area (TPSA) is 49.7 Å². The van der Waals surface area contributed by atoms with Gasteiger partial charge in [0.15, 0.2) is 0 Å². The van der Waals surface area contributed by atoms with Crippen LogP contribution in [-0.2, 0) is 0 Å². The molecule has 0 bridgehead atoms. The molecular weight excluding hydrogens is 328 g/mol. The van der Waals surface area contributed by atoms with E-state index < -0.39 is 6.10 Å². The molecule has 0 radical (unpaired) electrons. The Morgan fingerprint density at radius 2 is 2.24 bits per heavy atom. The Morgan fingerprint density at radius 3 is 2.88 bits per heavy atom. The molecule has 1 aromatic carbocycles. The van der Waals surface area contributed by atoms with Gasteiger partial charge < -0.3 is 14.9 Å². The molecule has 0 aliphatic rings. The maximum absolute atomic E-state index is 9.12. The summed E-state index contributed by atoms with van der Waals surface area (Å²) >= 11 is 10.7. The molecule has 0 saturated heterocycles. The Balaban J connectivity index is 2.22. The van der Waals surface area contributed by atoms with Crippen LogP contribution in [0.1, 0.15) is 0 Å². The van der Waals surface area contributed by atoms with E-state index in [9.17, 15) is 0 Å². The Labute approximate surface area is 118 Å². The fourth-order valence-corrected chi connectivity index (χ4v) is 2.62. The molecule has 0 spiro atoms.